The maximum absolute atomic E-state index is 2.42. The fraction of sp³-hybridized carbons (Fsp3) is 0.0545. The van der Waals surface area contributed by atoms with Crippen molar-refractivity contribution in [1.82, 2.24) is 0 Å². The van der Waals surface area contributed by atoms with E-state index >= 15 is 0 Å². The summed E-state index contributed by atoms with van der Waals surface area (Å²) in [7, 11) is 2.23. The number of fused-ring (bicyclic) bond motifs is 12. The monoisotopic (exact) mass is 713 g/mol. The Labute approximate surface area is 329 Å². The molecule has 0 fully saturated rings. The van der Waals surface area contributed by atoms with Crippen LogP contribution in [0.1, 0.15) is 44.5 Å². The number of anilines is 2. The van der Waals surface area contributed by atoms with Gasteiger partial charge in [-0.2, -0.15) is 0 Å². The van der Waals surface area contributed by atoms with Crippen molar-refractivity contribution in [3.05, 3.63) is 226 Å². The van der Waals surface area contributed by atoms with Crippen LogP contribution in [0.2, 0.25) is 0 Å². The Kier molecular flexibility index (Phi) is 7.60. The van der Waals surface area contributed by atoms with Crippen LogP contribution in [0.4, 0.5) is 11.4 Å². The minimum Gasteiger partial charge on any atom is -0.344 e. The maximum Gasteiger partial charge on any atom is 0.0441 e. The Balaban J connectivity index is 0.979. The van der Waals surface area contributed by atoms with Crippen LogP contribution in [0.3, 0.4) is 0 Å². The summed E-state index contributed by atoms with van der Waals surface area (Å²) in [6.45, 7) is 0. The molecule has 0 saturated carbocycles. The normalized spacial score (nSPS) is 13.2. The molecule has 56 heavy (non-hydrogen) atoms. The van der Waals surface area contributed by atoms with E-state index in [1.807, 2.05) is 0 Å². The van der Waals surface area contributed by atoms with Crippen LogP contribution in [0.15, 0.2) is 182 Å². The zero-order valence-electron chi connectivity index (χ0n) is 31.3. The molecule has 11 rings (SSSR count). The predicted octanol–water partition coefficient (Wildman–Crippen LogP) is 14.0. The fourth-order valence-corrected chi connectivity index (χ4v) is 9.50. The highest BCUT2D eigenvalue weighted by atomic mass is 15.1. The van der Waals surface area contributed by atoms with Gasteiger partial charge in [-0.05, 0) is 149 Å². The molecule has 8 aromatic rings. The van der Waals surface area contributed by atoms with Crippen LogP contribution in [0.25, 0.3) is 67.8 Å². The van der Waals surface area contributed by atoms with Crippen LogP contribution >= 0.6 is 0 Å². The number of hydrogen-bond donors (Lipinski definition) is 0. The van der Waals surface area contributed by atoms with Gasteiger partial charge in [0.05, 0.1) is 0 Å². The van der Waals surface area contributed by atoms with E-state index < -0.39 is 0 Å². The quantitative estimate of drug-likeness (QED) is 0.172. The standard InChI is InChI=1S/C55H39N/c1-56-54-30-26-36(34-52-48-22-10-6-18-44(48)40-14-2-3-15-41(40)45-19-7-11-23-49(45)52)32-38(54)28-29-39-33-37(27-31-55(39)56)35-53-50-24-12-8-20-46(50)42-16-4-5-17-43(42)47-21-9-13-25-51(47)53/h2-27,30-35H,28-29H2,1H3. The molecule has 0 unspecified atom stereocenters. The van der Waals surface area contributed by atoms with Gasteiger partial charge in [0.1, 0.15) is 0 Å². The van der Waals surface area contributed by atoms with Gasteiger partial charge in [0.15, 0.2) is 0 Å². The number of aryl methyl sites for hydroxylation is 2. The number of benzene rings is 8. The molecule has 0 aromatic heterocycles. The van der Waals surface area contributed by atoms with Crippen molar-refractivity contribution >= 4 is 34.7 Å². The van der Waals surface area contributed by atoms with Gasteiger partial charge in [0, 0.05) is 18.4 Å². The second-order valence-corrected chi connectivity index (χ2v) is 15.2. The van der Waals surface area contributed by atoms with Crippen LogP contribution in [-0.4, -0.2) is 7.05 Å². The summed E-state index contributed by atoms with van der Waals surface area (Å²) in [5, 5.41) is 0. The molecular weight excluding hydrogens is 675 g/mol. The SMILES string of the molecule is CN1c2ccc(C=C3c4ccccc4-c4ccccc4-c4ccccc43)cc2CCc2cc(C=C3c4ccccc4-c4ccccc4-c4ccccc43)ccc21. The Morgan fingerprint density at radius 1 is 0.321 bits per heavy atom. The molecule has 1 heterocycles. The van der Waals surface area contributed by atoms with Gasteiger partial charge in [0.2, 0.25) is 0 Å². The molecule has 0 atom stereocenters. The molecule has 8 aromatic carbocycles. The van der Waals surface area contributed by atoms with Gasteiger partial charge in [-0.1, -0.05) is 158 Å². The topological polar surface area (TPSA) is 3.24 Å². The van der Waals surface area contributed by atoms with Crippen molar-refractivity contribution in [3.8, 4) is 44.5 Å². The number of rotatable bonds is 2. The van der Waals surface area contributed by atoms with Crippen molar-refractivity contribution < 1.29 is 0 Å². The highest BCUT2D eigenvalue weighted by Crippen LogP contribution is 2.48. The first-order valence-corrected chi connectivity index (χ1v) is 19.7. The Morgan fingerprint density at radius 2 is 0.571 bits per heavy atom. The van der Waals surface area contributed by atoms with Crippen LogP contribution < -0.4 is 4.90 Å². The summed E-state index contributed by atoms with van der Waals surface area (Å²) < 4.78 is 0. The van der Waals surface area contributed by atoms with E-state index in [1.165, 1.54) is 112 Å². The maximum atomic E-state index is 2.42. The first-order valence-electron chi connectivity index (χ1n) is 19.7. The van der Waals surface area contributed by atoms with E-state index in [1.54, 1.807) is 0 Å². The Bertz CT molecular complexity index is 2600. The summed E-state index contributed by atoms with van der Waals surface area (Å²) in [5.41, 5.74) is 25.6. The molecular formula is C55H39N. The summed E-state index contributed by atoms with van der Waals surface area (Å²) >= 11 is 0. The third-order valence-electron chi connectivity index (χ3n) is 12.1. The zero-order valence-corrected chi connectivity index (χ0v) is 31.3. The van der Waals surface area contributed by atoms with Crippen LogP contribution in [0.5, 0.6) is 0 Å². The molecule has 0 saturated heterocycles. The smallest absolute Gasteiger partial charge is 0.0441 e. The van der Waals surface area contributed by atoms with Crippen LogP contribution in [0, 0.1) is 0 Å². The van der Waals surface area contributed by atoms with Gasteiger partial charge in [-0.3, -0.25) is 0 Å². The number of nitrogens with zero attached hydrogens (tertiary/aromatic N) is 1. The molecule has 2 aliphatic carbocycles. The second kappa shape index (κ2) is 13.1. The predicted molar refractivity (Wildman–Crippen MR) is 237 cm³/mol. The highest BCUT2D eigenvalue weighted by molar-refractivity contribution is 6.07. The Hall–Kier alpha value is -6.96. The summed E-state index contributed by atoms with van der Waals surface area (Å²) in [4.78, 5) is 2.39. The molecule has 0 amide bonds. The van der Waals surface area contributed by atoms with Crippen molar-refractivity contribution in [2.45, 2.75) is 12.8 Å². The minimum atomic E-state index is 0.975. The first kappa shape index (κ1) is 32.5. The van der Waals surface area contributed by atoms with Crippen molar-refractivity contribution in [1.29, 1.82) is 0 Å². The van der Waals surface area contributed by atoms with E-state index in [0.29, 0.717) is 0 Å². The first-order chi connectivity index (χ1) is 27.7. The molecule has 0 radical (unpaired) electrons. The largest absolute Gasteiger partial charge is 0.344 e. The van der Waals surface area contributed by atoms with Gasteiger partial charge < -0.3 is 4.90 Å². The van der Waals surface area contributed by atoms with E-state index in [4.69, 9.17) is 0 Å². The molecule has 1 aliphatic heterocycles. The van der Waals surface area contributed by atoms with E-state index in [2.05, 4.69) is 206 Å². The van der Waals surface area contributed by atoms with Crippen LogP contribution in [-0.2, 0) is 12.8 Å². The molecule has 3 aliphatic rings. The van der Waals surface area contributed by atoms with E-state index in [0.717, 1.165) is 12.8 Å². The van der Waals surface area contributed by atoms with Crippen molar-refractivity contribution in [3.63, 3.8) is 0 Å². The third-order valence-corrected chi connectivity index (χ3v) is 12.1. The summed E-state index contributed by atoms with van der Waals surface area (Å²) in [6, 6.07) is 67.3. The molecule has 264 valence electrons. The Morgan fingerprint density at radius 3 is 0.857 bits per heavy atom. The highest BCUT2D eigenvalue weighted by Gasteiger charge is 2.25. The van der Waals surface area contributed by atoms with Crippen molar-refractivity contribution in [2.75, 3.05) is 11.9 Å². The lowest BCUT2D eigenvalue weighted by Gasteiger charge is -2.23. The number of hydrogen-bond acceptors (Lipinski definition) is 1. The molecule has 0 spiro atoms. The lowest BCUT2D eigenvalue weighted by Crippen LogP contribution is -2.11. The van der Waals surface area contributed by atoms with E-state index in [-0.39, 0.29) is 0 Å². The lowest BCUT2D eigenvalue weighted by molar-refractivity contribution is 0.976. The minimum absolute atomic E-state index is 0.975. The van der Waals surface area contributed by atoms with Gasteiger partial charge in [-0.25, -0.2) is 0 Å². The lowest BCUT2D eigenvalue weighted by atomic mass is 9.90. The molecule has 1 nitrogen and oxygen atoms in total. The second-order valence-electron chi connectivity index (χ2n) is 15.2. The average Bonchev–Trinajstić information content (AvgIpc) is 3.53. The van der Waals surface area contributed by atoms with Gasteiger partial charge in [-0.15, -0.1) is 0 Å². The summed E-state index contributed by atoms with van der Waals surface area (Å²) in [6.07, 6.45) is 6.77. The fourth-order valence-electron chi connectivity index (χ4n) is 9.50. The summed E-state index contributed by atoms with van der Waals surface area (Å²) in [5.74, 6) is 0. The van der Waals surface area contributed by atoms with E-state index in [9.17, 15) is 0 Å². The van der Waals surface area contributed by atoms with Gasteiger partial charge >= 0.3 is 0 Å². The van der Waals surface area contributed by atoms with Crippen molar-refractivity contribution in [2.24, 2.45) is 0 Å². The molecule has 1 heteroatoms. The molecule has 0 bridgehead atoms. The average molecular weight is 714 g/mol. The third kappa shape index (κ3) is 5.23. The van der Waals surface area contributed by atoms with Gasteiger partial charge in [0.25, 0.3) is 0 Å². The molecule has 0 N–H and O–H groups in total. The zero-order chi connectivity index (χ0) is 37.2.